The molecule has 1 fully saturated rings. The van der Waals surface area contributed by atoms with Crippen LogP contribution in [-0.2, 0) is 19.6 Å². The number of piperidine rings is 1. The van der Waals surface area contributed by atoms with Crippen LogP contribution in [0, 0.1) is 0 Å². The summed E-state index contributed by atoms with van der Waals surface area (Å²) in [5, 5.41) is 3.21. The summed E-state index contributed by atoms with van der Waals surface area (Å²) in [6.07, 6.45) is 1.57. The first-order chi connectivity index (χ1) is 8.51. The fourth-order valence-corrected chi connectivity index (χ4v) is 3.93. The molecule has 1 N–H and O–H groups in total. The highest BCUT2D eigenvalue weighted by Crippen LogP contribution is 2.16. The standard InChI is InChI=1S/C11H22N2O4S/c1-3-13(10-4-7-12-8-5-10)18(15,16)9-6-11(14)17-2/h10,12H,3-9H2,1-2H3. The molecule has 1 aliphatic heterocycles. The molecule has 0 atom stereocenters. The fourth-order valence-electron chi connectivity index (χ4n) is 2.21. The minimum atomic E-state index is -3.37. The van der Waals surface area contributed by atoms with Gasteiger partial charge in [-0.05, 0) is 25.9 Å². The molecular weight excluding hydrogens is 256 g/mol. The lowest BCUT2D eigenvalue weighted by molar-refractivity contribution is -0.140. The van der Waals surface area contributed by atoms with Gasteiger partial charge in [0.2, 0.25) is 10.0 Å². The number of ether oxygens (including phenoxy) is 1. The average molecular weight is 278 g/mol. The molecule has 0 aromatic rings. The molecule has 0 radical (unpaired) electrons. The summed E-state index contributed by atoms with van der Waals surface area (Å²) in [5.74, 6) is -0.655. The summed E-state index contributed by atoms with van der Waals surface area (Å²) >= 11 is 0. The molecule has 0 bridgehead atoms. The summed E-state index contributed by atoms with van der Waals surface area (Å²) in [6.45, 7) is 3.97. The van der Waals surface area contributed by atoms with Gasteiger partial charge in [0.1, 0.15) is 0 Å². The maximum absolute atomic E-state index is 12.2. The van der Waals surface area contributed by atoms with Crippen LogP contribution >= 0.6 is 0 Å². The Balaban J connectivity index is 2.63. The summed E-state index contributed by atoms with van der Waals surface area (Å²) in [4.78, 5) is 11.0. The van der Waals surface area contributed by atoms with Crippen LogP contribution in [0.4, 0.5) is 0 Å². The predicted molar refractivity (Wildman–Crippen MR) is 68.7 cm³/mol. The minimum Gasteiger partial charge on any atom is -0.469 e. The van der Waals surface area contributed by atoms with Crippen molar-refractivity contribution in [3.8, 4) is 0 Å². The highest BCUT2D eigenvalue weighted by atomic mass is 32.2. The number of carbonyl (C=O) groups is 1. The first-order valence-electron chi connectivity index (χ1n) is 6.28. The maximum atomic E-state index is 12.2. The second-order valence-corrected chi connectivity index (χ2v) is 6.37. The van der Waals surface area contributed by atoms with Gasteiger partial charge in [0.05, 0.1) is 19.3 Å². The Morgan fingerprint density at radius 2 is 2.00 bits per heavy atom. The van der Waals surface area contributed by atoms with E-state index in [1.807, 2.05) is 6.92 Å². The number of methoxy groups -OCH3 is 1. The Hall–Kier alpha value is -0.660. The lowest BCUT2D eigenvalue weighted by atomic mass is 10.1. The van der Waals surface area contributed by atoms with Crippen LogP contribution in [0.5, 0.6) is 0 Å². The van der Waals surface area contributed by atoms with E-state index < -0.39 is 16.0 Å². The predicted octanol–water partition coefficient (Wildman–Crippen LogP) is -0.0468. The van der Waals surface area contributed by atoms with Gasteiger partial charge in [0.15, 0.2) is 0 Å². The molecule has 7 heteroatoms. The SMILES string of the molecule is CCN(C1CCNCC1)S(=O)(=O)CCC(=O)OC. The molecule has 1 heterocycles. The van der Waals surface area contributed by atoms with E-state index in [0.717, 1.165) is 25.9 Å². The first kappa shape index (κ1) is 15.4. The van der Waals surface area contributed by atoms with E-state index in [1.165, 1.54) is 11.4 Å². The van der Waals surface area contributed by atoms with Gasteiger partial charge in [-0.2, -0.15) is 4.31 Å². The van der Waals surface area contributed by atoms with Crippen molar-refractivity contribution < 1.29 is 17.9 Å². The van der Waals surface area contributed by atoms with Crippen molar-refractivity contribution in [2.75, 3.05) is 32.5 Å². The van der Waals surface area contributed by atoms with Gasteiger partial charge in [0, 0.05) is 12.6 Å². The number of sulfonamides is 1. The molecule has 106 valence electrons. The molecule has 0 saturated carbocycles. The van der Waals surface area contributed by atoms with E-state index >= 15 is 0 Å². The largest absolute Gasteiger partial charge is 0.469 e. The Labute approximate surface area is 109 Å². The Morgan fingerprint density at radius 1 is 1.39 bits per heavy atom. The van der Waals surface area contributed by atoms with Crippen LogP contribution in [-0.4, -0.2) is 57.2 Å². The second-order valence-electron chi connectivity index (χ2n) is 4.33. The van der Waals surface area contributed by atoms with E-state index in [0.29, 0.717) is 6.54 Å². The molecular formula is C11H22N2O4S. The minimum absolute atomic E-state index is 0.0545. The Morgan fingerprint density at radius 3 is 2.50 bits per heavy atom. The quantitative estimate of drug-likeness (QED) is 0.690. The molecule has 0 unspecified atom stereocenters. The molecule has 1 aliphatic rings. The zero-order valence-electron chi connectivity index (χ0n) is 11.0. The molecule has 18 heavy (non-hydrogen) atoms. The number of nitrogens with zero attached hydrogens (tertiary/aromatic N) is 1. The third-order valence-electron chi connectivity index (χ3n) is 3.18. The van der Waals surface area contributed by atoms with Crippen LogP contribution in [0.1, 0.15) is 26.2 Å². The lowest BCUT2D eigenvalue weighted by Gasteiger charge is -2.32. The van der Waals surface area contributed by atoms with Crippen LogP contribution in [0.3, 0.4) is 0 Å². The van der Waals surface area contributed by atoms with Crippen molar-refractivity contribution in [1.29, 1.82) is 0 Å². The lowest BCUT2D eigenvalue weighted by Crippen LogP contribution is -2.46. The summed E-state index contributed by atoms with van der Waals surface area (Å²) in [5.41, 5.74) is 0. The molecule has 6 nitrogen and oxygen atoms in total. The van der Waals surface area contributed by atoms with Crippen molar-refractivity contribution in [1.82, 2.24) is 9.62 Å². The number of rotatable bonds is 6. The third kappa shape index (κ3) is 4.22. The molecule has 0 aliphatic carbocycles. The maximum Gasteiger partial charge on any atom is 0.306 e. The highest BCUT2D eigenvalue weighted by Gasteiger charge is 2.29. The monoisotopic (exact) mass is 278 g/mol. The van der Waals surface area contributed by atoms with Gasteiger partial charge < -0.3 is 10.1 Å². The van der Waals surface area contributed by atoms with E-state index in [-0.39, 0.29) is 18.2 Å². The molecule has 1 saturated heterocycles. The molecule has 0 spiro atoms. The zero-order chi connectivity index (χ0) is 13.6. The zero-order valence-corrected chi connectivity index (χ0v) is 11.8. The van der Waals surface area contributed by atoms with Crippen molar-refractivity contribution in [2.45, 2.75) is 32.2 Å². The number of hydrogen-bond acceptors (Lipinski definition) is 5. The van der Waals surface area contributed by atoms with Crippen LogP contribution in [0.25, 0.3) is 0 Å². The van der Waals surface area contributed by atoms with Crippen LogP contribution < -0.4 is 5.32 Å². The normalized spacial score (nSPS) is 17.9. The number of hydrogen-bond donors (Lipinski definition) is 1. The molecule has 1 rings (SSSR count). The van der Waals surface area contributed by atoms with Crippen LogP contribution in [0.2, 0.25) is 0 Å². The highest BCUT2D eigenvalue weighted by molar-refractivity contribution is 7.89. The van der Waals surface area contributed by atoms with Crippen LogP contribution in [0.15, 0.2) is 0 Å². The Kier molecular flexibility index (Phi) is 6.04. The van der Waals surface area contributed by atoms with Gasteiger partial charge in [0.25, 0.3) is 0 Å². The fraction of sp³-hybridized carbons (Fsp3) is 0.909. The van der Waals surface area contributed by atoms with Gasteiger partial charge >= 0.3 is 5.97 Å². The summed E-state index contributed by atoms with van der Waals surface area (Å²) in [6, 6.07) is 0.0545. The summed E-state index contributed by atoms with van der Waals surface area (Å²) in [7, 11) is -2.11. The first-order valence-corrected chi connectivity index (χ1v) is 7.89. The number of nitrogens with one attached hydrogen (secondary N) is 1. The summed E-state index contributed by atoms with van der Waals surface area (Å²) < 4.78 is 30.4. The Bertz CT molecular complexity index is 363. The van der Waals surface area contributed by atoms with Crippen molar-refractivity contribution in [3.05, 3.63) is 0 Å². The van der Waals surface area contributed by atoms with Gasteiger partial charge in [-0.25, -0.2) is 8.42 Å². The van der Waals surface area contributed by atoms with E-state index in [4.69, 9.17) is 0 Å². The van der Waals surface area contributed by atoms with Crippen molar-refractivity contribution in [2.24, 2.45) is 0 Å². The van der Waals surface area contributed by atoms with Crippen molar-refractivity contribution >= 4 is 16.0 Å². The van der Waals surface area contributed by atoms with Crippen molar-refractivity contribution in [3.63, 3.8) is 0 Å². The average Bonchev–Trinajstić information content (AvgIpc) is 2.38. The number of carbonyl (C=O) groups excluding carboxylic acids is 1. The van der Waals surface area contributed by atoms with Gasteiger partial charge in [-0.1, -0.05) is 6.92 Å². The smallest absolute Gasteiger partial charge is 0.306 e. The molecule has 0 amide bonds. The van der Waals surface area contributed by atoms with E-state index in [2.05, 4.69) is 10.1 Å². The number of esters is 1. The van der Waals surface area contributed by atoms with E-state index in [1.54, 1.807) is 0 Å². The van der Waals surface area contributed by atoms with E-state index in [9.17, 15) is 13.2 Å². The third-order valence-corrected chi connectivity index (χ3v) is 5.17. The van der Waals surface area contributed by atoms with Gasteiger partial charge in [-0.3, -0.25) is 4.79 Å². The molecule has 0 aromatic carbocycles. The van der Waals surface area contributed by atoms with Gasteiger partial charge in [-0.15, -0.1) is 0 Å². The molecule has 0 aromatic heterocycles. The topological polar surface area (TPSA) is 75.7 Å². The second kappa shape index (κ2) is 7.06.